The Balaban J connectivity index is 2.06. The molecule has 1 fully saturated rings. The zero-order valence-electron chi connectivity index (χ0n) is 10.7. The maximum absolute atomic E-state index is 12.2. The van der Waals surface area contributed by atoms with Crippen LogP contribution >= 0.6 is 0 Å². The van der Waals surface area contributed by atoms with E-state index in [2.05, 4.69) is 10.2 Å². The van der Waals surface area contributed by atoms with Crippen molar-refractivity contribution in [1.82, 2.24) is 19.4 Å². The first kappa shape index (κ1) is 12.4. The van der Waals surface area contributed by atoms with Crippen LogP contribution in [0, 0.1) is 0 Å². The van der Waals surface area contributed by atoms with Crippen LogP contribution in [0.1, 0.15) is 18.9 Å². The molecule has 0 aromatic carbocycles. The van der Waals surface area contributed by atoms with Crippen LogP contribution in [0.15, 0.2) is 17.2 Å². The van der Waals surface area contributed by atoms with Crippen LogP contribution in [0.4, 0.5) is 0 Å². The molecule has 0 bridgehead atoms. The van der Waals surface area contributed by atoms with E-state index in [-0.39, 0.29) is 5.69 Å². The number of hydrogen-bond acceptors (Lipinski definition) is 3. The standard InChI is InChI=1S/C12H22N4O/c1-14(2)7-8-15-9-10-16(12(15)17)11-3-5-13-6-4-11/h9-11,13H,3-8H2,1-2H3. The van der Waals surface area contributed by atoms with E-state index >= 15 is 0 Å². The molecule has 1 aromatic rings. The monoisotopic (exact) mass is 238 g/mol. The van der Waals surface area contributed by atoms with Gasteiger partial charge < -0.3 is 10.2 Å². The number of aromatic nitrogens is 2. The van der Waals surface area contributed by atoms with Crippen LogP contribution in [0.2, 0.25) is 0 Å². The average Bonchev–Trinajstić information content (AvgIpc) is 2.69. The summed E-state index contributed by atoms with van der Waals surface area (Å²) in [4.78, 5) is 14.3. The summed E-state index contributed by atoms with van der Waals surface area (Å²) >= 11 is 0. The molecular weight excluding hydrogens is 216 g/mol. The summed E-state index contributed by atoms with van der Waals surface area (Å²) in [5.41, 5.74) is 0.138. The van der Waals surface area contributed by atoms with Crippen LogP contribution in [-0.4, -0.2) is 47.8 Å². The van der Waals surface area contributed by atoms with Crippen LogP contribution in [0.5, 0.6) is 0 Å². The Morgan fingerprint density at radius 1 is 1.35 bits per heavy atom. The molecule has 1 aliphatic rings. The second kappa shape index (κ2) is 5.51. The van der Waals surface area contributed by atoms with E-state index in [1.165, 1.54) is 0 Å². The summed E-state index contributed by atoms with van der Waals surface area (Å²) < 4.78 is 3.71. The van der Waals surface area contributed by atoms with Crippen molar-refractivity contribution in [2.24, 2.45) is 0 Å². The predicted octanol–water partition coefficient (Wildman–Crippen LogP) is 0.136. The molecule has 17 heavy (non-hydrogen) atoms. The molecule has 1 aliphatic heterocycles. The fourth-order valence-corrected chi connectivity index (χ4v) is 2.27. The van der Waals surface area contributed by atoms with Crippen molar-refractivity contribution in [2.45, 2.75) is 25.4 Å². The summed E-state index contributed by atoms with van der Waals surface area (Å²) in [7, 11) is 4.05. The van der Waals surface area contributed by atoms with Crippen LogP contribution in [0.25, 0.3) is 0 Å². The molecule has 1 aromatic heterocycles. The summed E-state index contributed by atoms with van der Waals surface area (Å²) in [5.74, 6) is 0. The van der Waals surface area contributed by atoms with Gasteiger partial charge in [0.15, 0.2) is 0 Å². The lowest BCUT2D eigenvalue weighted by atomic mass is 10.1. The lowest BCUT2D eigenvalue weighted by molar-refractivity contribution is 0.350. The fraction of sp³-hybridized carbons (Fsp3) is 0.750. The molecule has 1 N–H and O–H groups in total. The van der Waals surface area contributed by atoms with Gasteiger partial charge >= 0.3 is 5.69 Å². The molecule has 5 nitrogen and oxygen atoms in total. The van der Waals surface area contributed by atoms with E-state index in [4.69, 9.17) is 0 Å². The van der Waals surface area contributed by atoms with Gasteiger partial charge in [0.05, 0.1) is 0 Å². The zero-order valence-corrected chi connectivity index (χ0v) is 10.7. The largest absolute Gasteiger partial charge is 0.328 e. The summed E-state index contributed by atoms with van der Waals surface area (Å²) in [6, 6.07) is 0.379. The summed E-state index contributed by atoms with van der Waals surface area (Å²) in [6.45, 7) is 3.69. The van der Waals surface area contributed by atoms with Gasteiger partial charge in [0, 0.05) is 31.5 Å². The number of imidazole rings is 1. The number of hydrogen-bond donors (Lipinski definition) is 1. The van der Waals surface area contributed by atoms with Crippen LogP contribution in [-0.2, 0) is 6.54 Å². The molecule has 0 atom stereocenters. The maximum Gasteiger partial charge on any atom is 0.328 e. The van der Waals surface area contributed by atoms with Gasteiger partial charge in [-0.05, 0) is 40.0 Å². The maximum atomic E-state index is 12.2. The van der Waals surface area contributed by atoms with Crippen LogP contribution in [0.3, 0.4) is 0 Å². The molecule has 0 amide bonds. The molecule has 2 heterocycles. The Kier molecular flexibility index (Phi) is 4.02. The Bertz CT molecular complexity index is 401. The molecule has 2 rings (SSSR count). The van der Waals surface area contributed by atoms with Gasteiger partial charge in [-0.2, -0.15) is 0 Å². The normalized spacial score (nSPS) is 17.8. The first-order valence-corrected chi connectivity index (χ1v) is 6.31. The van der Waals surface area contributed by atoms with Crippen molar-refractivity contribution in [3.05, 3.63) is 22.9 Å². The number of piperidine rings is 1. The number of nitrogens with zero attached hydrogens (tertiary/aromatic N) is 3. The van der Waals surface area contributed by atoms with E-state index < -0.39 is 0 Å². The third-order valence-corrected chi connectivity index (χ3v) is 3.36. The van der Waals surface area contributed by atoms with Crippen molar-refractivity contribution in [3.8, 4) is 0 Å². The van der Waals surface area contributed by atoms with Gasteiger partial charge in [-0.3, -0.25) is 9.13 Å². The van der Waals surface area contributed by atoms with Gasteiger partial charge in [-0.25, -0.2) is 4.79 Å². The second-order valence-electron chi connectivity index (χ2n) is 4.97. The molecule has 5 heteroatoms. The lowest BCUT2D eigenvalue weighted by Gasteiger charge is -2.23. The molecule has 96 valence electrons. The first-order chi connectivity index (χ1) is 8.18. The highest BCUT2D eigenvalue weighted by molar-refractivity contribution is 4.87. The van der Waals surface area contributed by atoms with Crippen molar-refractivity contribution >= 4 is 0 Å². The Hall–Kier alpha value is -1.07. The quantitative estimate of drug-likeness (QED) is 0.811. The second-order valence-corrected chi connectivity index (χ2v) is 4.97. The Labute approximate surface area is 102 Å². The zero-order chi connectivity index (χ0) is 12.3. The molecule has 0 unspecified atom stereocenters. The highest BCUT2D eigenvalue weighted by atomic mass is 16.1. The number of nitrogens with one attached hydrogen (secondary N) is 1. The SMILES string of the molecule is CN(C)CCn1ccn(C2CCNCC2)c1=O. The highest BCUT2D eigenvalue weighted by Gasteiger charge is 2.17. The molecular formula is C12H22N4O. The first-order valence-electron chi connectivity index (χ1n) is 6.31. The third-order valence-electron chi connectivity index (χ3n) is 3.36. The minimum Gasteiger partial charge on any atom is -0.317 e. The van der Waals surface area contributed by atoms with E-state index in [0.29, 0.717) is 6.04 Å². The van der Waals surface area contributed by atoms with Crippen molar-refractivity contribution in [2.75, 3.05) is 33.7 Å². The molecule has 0 spiro atoms. The van der Waals surface area contributed by atoms with Gasteiger partial charge in [-0.1, -0.05) is 0 Å². The van der Waals surface area contributed by atoms with E-state index in [1.54, 1.807) is 0 Å². The van der Waals surface area contributed by atoms with Gasteiger partial charge in [0.2, 0.25) is 0 Å². The van der Waals surface area contributed by atoms with Crippen molar-refractivity contribution < 1.29 is 0 Å². The third kappa shape index (κ3) is 2.98. The van der Waals surface area contributed by atoms with Crippen LogP contribution < -0.4 is 11.0 Å². The molecule has 0 radical (unpaired) electrons. The predicted molar refractivity (Wildman–Crippen MR) is 68.4 cm³/mol. The lowest BCUT2D eigenvalue weighted by Crippen LogP contribution is -2.35. The van der Waals surface area contributed by atoms with Gasteiger partial charge in [0.25, 0.3) is 0 Å². The van der Waals surface area contributed by atoms with E-state index in [9.17, 15) is 4.79 Å². The topological polar surface area (TPSA) is 42.2 Å². The van der Waals surface area contributed by atoms with Crippen molar-refractivity contribution in [3.63, 3.8) is 0 Å². The average molecular weight is 238 g/mol. The highest BCUT2D eigenvalue weighted by Crippen LogP contribution is 2.15. The summed E-state index contributed by atoms with van der Waals surface area (Å²) in [5, 5.41) is 3.32. The smallest absolute Gasteiger partial charge is 0.317 e. The minimum atomic E-state index is 0.138. The van der Waals surface area contributed by atoms with Gasteiger partial charge in [0.1, 0.15) is 0 Å². The Morgan fingerprint density at radius 3 is 2.71 bits per heavy atom. The van der Waals surface area contributed by atoms with E-state index in [1.807, 2.05) is 35.6 Å². The van der Waals surface area contributed by atoms with Gasteiger partial charge in [-0.15, -0.1) is 0 Å². The Morgan fingerprint density at radius 2 is 2.06 bits per heavy atom. The number of rotatable bonds is 4. The van der Waals surface area contributed by atoms with Crippen molar-refractivity contribution in [1.29, 1.82) is 0 Å². The minimum absolute atomic E-state index is 0.138. The molecule has 0 saturated carbocycles. The molecule has 0 aliphatic carbocycles. The molecule has 1 saturated heterocycles. The van der Waals surface area contributed by atoms with E-state index in [0.717, 1.165) is 39.0 Å². The summed E-state index contributed by atoms with van der Waals surface area (Å²) in [6.07, 6.45) is 5.96. The fourth-order valence-electron chi connectivity index (χ4n) is 2.27. The number of likely N-dealkylation sites (N-methyl/N-ethyl adjacent to an activating group) is 1.